The molecular weight excluding hydrogens is 683 g/mol. The van der Waals surface area contributed by atoms with Gasteiger partial charge in [0, 0.05) is 0 Å². The van der Waals surface area contributed by atoms with Crippen molar-refractivity contribution >= 4 is 47.1 Å². The van der Waals surface area contributed by atoms with Gasteiger partial charge in [-0.15, -0.1) is 24.8 Å². The summed E-state index contributed by atoms with van der Waals surface area (Å²) < 4.78 is 5.30. The van der Waals surface area contributed by atoms with Crippen LogP contribution in [-0.4, -0.2) is 6.88 Å². The Morgan fingerprint density at radius 3 is 1.27 bits per heavy atom. The number of halogens is 2. The van der Waals surface area contributed by atoms with E-state index in [1.165, 1.54) is 33.4 Å². The molecular formula is C41H42Cl2SiZr. The first-order chi connectivity index (χ1) is 20.9. The average molecular weight is 725 g/mol. The Balaban J connectivity index is 0.00000200. The molecule has 7 rings (SSSR count). The molecule has 0 saturated heterocycles. The van der Waals surface area contributed by atoms with Gasteiger partial charge in [0.25, 0.3) is 0 Å². The molecule has 0 spiro atoms. The molecule has 2 atom stereocenters. The minimum absolute atomic E-state index is 0. The zero-order valence-electron chi connectivity index (χ0n) is 26.4. The van der Waals surface area contributed by atoms with Crippen molar-refractivity contribution in [2.75, 3.05) is 0 Å². The van der Waals surface area contributed by atoms with Crippen molar-refractivity contribution in [3.8, 4) is 22.3 Å². The minimum Gasteiger partial charge on any atom is -0.147 e. The van der Waals surface area contributed by atoms with Crippen molar-refractivity contribution in [3.05, 3.63) is 161 Å². The van der Waals surface area contributed by atoms with Crippen molar-refractivity contribution in [2.45, 2.75) is 38.6 Å². The van der Waals surface area contributed by atoms with Gasteiger partial charge in [-0.25, -0.2) is 0 Å². The zero-order valence-corrected chi connectivity index (χ0v) is 31.9. The SMILES string of the molecule is CCC1=Cc2c(-c3ccccc3)cccc2[CH]1[Zr]([CH3])(=[SiH2])([c]1ccccc1)[CH]1C(CC)=Cc2c(-c3ccccc3)cccc21.Cl.Cl. The summed E-state index contributed by atoms with van der Waals surface area (Å²) in [7, 11) is 0. The summed E-state index contributed by atoms with van der Waals surface area (Å²) >= 11 is -4.12. The second-order valence-corrected chi connectivity index (χ2v) is 39.2. The molecule has 4 heteroatoms. The molecule has 228 valence electrons. The predicted molar refractivity (Wildman–Crippen MR) is 201 cm³/mol. The van der Waals surface area contributed by atoms with Crippen LogP contribution < -0.4 is 3.27 Å². The van der Waals surface area contributed by atoms with Crippen LogP contribution in [0.25, 0.3) is 34.4 Å². The van der Waals surface area contributed by atoms with Crippen LogP contribution >= 0.6 is 24.8 Å². The van der Waals surface area contributed by atoms with Crippen LogP contribution in [0.15, 0.2) is 139 Å². The van der Waals surface area contributed by atoms with Crippen LogP contribution in [0.5, 0.6) is 0 Å². The Kier molecular flexibility index (Phi) is 9.84. The summed E-state index contributed by atoms with van der Waals surface area (Å²) in [6, 6.07) is 47.9. The molecule has 2 unspecified atom stereocenters. The van der Waals surface area contributed by atoms with Crippen LogP contribution in [-0.2, 0) is 17.4 Å². The Morgan fingerprint density at radius 1 is 0.511 bits per heavy atom. The van der Waals surface area contributed by atoms with E-state index in [1.807, 2.05) is 0 Å². The first kappa shape index (κ1) is 33.6. The third-order valence-corrected chi connectivity index (χ3v) is 33.9. The van der Waals surface area contributed by atoms with E-state index in [1.54, 1.807) is 25.5 Å². The van der Waals surface area contributed by atoms with E-state index in [4.69, 9.17) is 0 Å². The van der Waals surface area contributed by atoms with E-state index >= 15 is 0 Å². The van der Waals surface area contributed by atoms with Crippen molar-refractivity contribution in [1.82, 2.24) is 0 Å². The largest absolute Gasteiger partial charge is 0.147 e. The maximum Gasteiger partial charge on any atom is -0.147 e. The molecule has 2 aliphatic rings. The maximum absolute atomic E-state index is 4.12. The van der Waals surface area contributed by atoms with Gasteiger partial charge in [-0.3, -0.25) is 0 Å². The quantitative estimate of drug-likeness (QED) is 0.147. The van der Waals surface area contributed by atoms with Crippen molar-refractivity contribution < 1.29 is 17.4 Å². The van der Waals surface area contributed by atoms with Gasteiger partial charge in [0.15, 0.2) is 0 Å². The molecule has 0 saturated carbocycles. The Bertz CT molecular complexity index is 1840. The smallest absolute Gasteiger partial charge is 0.147 e. The Hall–Kier alpha value is -2.74. The van der Waals surface area contributed by atoms with Crippen molar-refractivity contribution in [1.29, 1.82) is 0 Å². The molecule has 0 bridgehead atoms. The fourth-order valence-corrected chi connectivity index (χ4v) is 33.0. The van der Waals surface area contributed by atoms with E-state index in [2.05, 4.69) is 165 Å². The van der Waals surface area contributed by atoms with Crippen molar-refractivity contribution in [3.63, 3.8) is 0 Å². The molecule has 0 nitrogen and oxygen atoms in total. The standard InChI is InChI=1S/2C17H15.C6H5.CH3.2ClH.H2Si.Zr/c2*1-2-13-11-15-9-6-10-16(17(15)12-13)14-7-4-3-5-8-14;1-2-4-6-5-3-1;;;;;/h2*3-12H,2H2,1H3;1-5H;1H3;2*1H;1H2;. The summed E-state index contributed by atoms with van der Waals surface area (Å²) in [5, 5.41) is 0. The molecule has 0 amide bonds. The molecule has 2 aliphatic carbocycles. The fraction of sp³-hybridized carbons (Fsp3) is 0.171. The van der Waals surface area contributed by atoms with Crippen LogP contribution in [0.4, 0.5) is 0 Å². The first-order valence-electron chi connectivity index (χ1n) is 15.8. The summed E-state index contributed by atoms with van der Waals surface area (Å²) in [5.41, 5.74) is 14.6. The monoisotopic (exact) mass is 722 g/mol. The first-order valence-corrected chi connectivity index (χ1v) is 28.3. The van der Waals surface area contributed by atoms with E-state index < -0.39 is 17.4 Å². The van der Waals surface area contributed by atoms with Gasteiger partial charge in [-0.1, -0.05) is 0 Å². The number of allylic oxidation sites excluding steroid dienone is 2. The van der Waals surface area contributed by atoms with Gasteiger partial charge >= 0.3 is 261 Å². The normalized spacial score (nSPS) is 16.9. The third kappa shape index (κ3) is 5.33. The van der Waals surface area contributed by atoms with Crippen LogP contribution in [0.2, 0.25) is 4.63 Å². The third-order valence-electron chi connectivity index (χ3n) is 10.5. The van der Waals surface area contributed by atoms with E-state index in [0.717, 1.165) is 12.8 Å². The second kappa shape index (κ2) is 13.2. The van der Waals surface area contributed by atoms with Crippen molar-refractivity contribution in [2.24, 2.45) is 0 Å². The second-order valence-electron chi connectivity index (χ2n) is 12.9. The van der Waals surface area contributed by atoms with Gasteiger partial charge in [0.1, 0.15) is 0 Å². The van der Waals surface area contributed by atoms with E-state index in [-0.39, 0.29) is 24.8 Å². The van der Waals surface area contributed by atoms with E-state index in [0.29, 0.717) is 7.25 Å². The number of hydrogen-bond acceptors (Lipinski definition) is 0. The number of fused-ring (bicyclic) bond motifs is 2. The molecule has 5 aromatic carbocycles. The average Bonchev–Trinajstić information content (AvgIpc) is 3.66. The molecule has 45 heavy (non-hydrogen) atoms. The molecule has 0 aliphatic heterocycles. The van der Waals surface area contributed by atoms with E-state index in [9.17, 15) is 0 Å². The fourth-order valence-electron chi connectivity index (χ4n) is 8.59. The van der Waals surface area contributed by atoms with Gasteiger partial charge in [-0.2, -0.15) is 0 Å². The zero-order chi connectivity index (χ0) is 29.6. The van der Waals surface area contributed by atoms with Crippen LogP contribution in [0.1, 0.15) is 56.2 Å². The molecule has 5 aromatic rings. The Labute approximate surface area is 284 Å². The van der Waals surface area contributed by atoms with Gasteiger partial charge < -0.3 is 0 Å². The molecule has 0 aromatic heterocycles. The number of rotatable bonds is 7. The van der Waals surface area contributed by atoms with Gasteiger partial charge in [0.05, 0.1) is 0 Å². The molecule has 0 N–H and O–H groups in total. The summed E-state index contributed by atoms with van der Waals surface area (Å²) in [4.78, 5) is 0. The number of hydrogen-bond donors (Lipinski definition) is 0. The topological polar surface area (TPSA) is 0 Å². The maximum atomic E-state index is 2.80. The summed E-state index contributed by atoms with van der Waals surface area (Å²) in [6.45, 7) is 7.22. The summed E-state index contributed by atoms with van der Waals surface area (Å²) in [6.07, 6.45) is 7.32. The minimum atomic E-state index is -4.12. The summed E-state index contributed by atoms with van der Waals surface area (Å²) in [5.74, 6) is 0. The Morgan fingerprint density at radius 2 is 0.889 bits per heavy atom. The number of benzene rings is 5. The molecule has 0 fully saturated rings. The molecule has 0 radical (unpaired) electrons. The van der Waals surface area contributed by atoms with Gasteiger partial charge in [-0.05, 0) is 0 Å². The predicted octanol–water partition coefficient (Wildman–Crippen LogP) is 10.9. The van der Waals surface area contributed by atoms with Crippen LogP contribution in [0.3, 0.4) is 0 Å². The van der Waals surface area contributed by atoms with Gasteiger partial charge in [0.2, 0.25) is 0 Å². The van der Waals surface area contributed by atoms with Crippen LogP contribution in [0, 0.1) is 0 Å². The molecule has 0 heterocycles.